The second-order valence-corrected chi connectivity index (χ2v) is 6.63. The molecule has 0 atom stereocenters. The van der Waals surface area contributed by atoms with E-state index in [1.807, 2.05) is 0 Å². The number of benzene rings is 2. The van der Waals surface area contributed by atoms with Gasteiger partial charge in [-0.05, 0) is 24.3 Å². The molecule has 3 aromatic rings. The number of fused-ring (bicyclic) bond motifs is 1. The molecule has 2 aromatic carbocycles. The zero-order valence-electron chi connectivity index (χ0n) is 12.4. The van der Waals surface area contributed by atoms with Gasteiger partial charge in [0.1, 0.15) is 11.3 Å². The van der Waals surface area contributed by atoms with Crippen LogP contribution in [0.1, 0.15) is 0 Å². The number of nitrogens with one attached hydrogen (secondary N) is 1. The number of ether oxygens (including phenoxy) is 1. The number of halogens is 2. The minimum atomic E-state index is -0.513. The maximum absolute atomic E-state index is 12.0. The maximum atomic E-state index is 12.0. The number of amides is 1. The Balaban J connectivity index is 1.62. The molecule has 25 heavy (non-hydrogen) atoms. The molecule has 0 saturated heterocycles. The van der Waals surface area contributed by atoms with Crippen molar-refractivity contribution in [1.29, 1.82) is 0 Å². The first-order valence-corrected chi connectivity index (χ1v) is 8.43. The van der Waals surface area contributed by atoms with E-state index in [0.29, 0.717) is 26.4 Å². The lowest BCUT2D eigenvalue weighted by Crippen LogP contribution is -2.19. The lowest BCUT2D eigenvalue weighted by molar-refractivity contribution is -0.384. The third-order valence-corrected chi connectivity index (χ3v) is 4.85. The number of nitro benzene ring substituents is 1. The van der Waals surface area contributed by atoms with E-state index < -0.39 is 10.8 Å². The predicted octanol–water partition coefficient (Wildman–Crippen LogP) is 4.53. The number of carbonyl (C=O) groups is 1. The number of rotatable bonds is 5. The van der Waals surface area contributed by atoms with Gasteiger partial charge in [-0.3, -0.25) is 20.2 Å². The lowest BCUT2D eigenvalue weighted by atomic mass is 10.3. The van der Waals surface area contributed by atoms with Crippen molar-refractivity contribution >= 4 is 61.5 Å². The molecule has 1 amide bonds. The molecule has 7 nitrogen and oxygen atoms in total. The van der Waals surface area contributed by atoms with Crippen molar-refractivity contribution in [2.75, 3.05) is 11.9 Å². The van der Waals surface area contributed by atoms with Gasteiger partial charge in [-0.1, -0.05) is 34.5 Å². The summed E-state index contributed by atoms with van der Waals surface area (Å²) in [5.41, 5.74) is 0.465. The van der Waals surface area contributed by atoms with E-state index in [-0.39, 0.29) is 12.3 Å². The number of nitrogens with zero attached hydrogens (tertiary/aromatic N) is 2. The number of anilines is 1. The summed E-state index contributed by atoms with van der Waals surface area (Å²) in [4.78, 5) is 26.3. The third kappa shape index (κ3) is 3.98. The van der Waals surface area contributed by atoms with E-state index in [2.05, 4.69) is 10.3 Å². The average Bonchev–Trinajstić information content (AvgIpc) is 3.00. The number of aromatic nitrogens is 1. The van der Waals surface area contributed by atoms with Crippen molar-refractivity contribution in [2.45, 2.75) is 0 Å². The number of thiazole rings is 1. The van der Waals surface area contributed by atoms with Gasteiger partial charge >= 0.3 is 0 Å². The SMILES string of the molecule is O=C(COc1ccc([N+](=O)[O-])cc1)Nc1nc2c(Cl)c(Cl)ccc2s1. The summed E-state index contributed by atoms with van der Waals surface area (Å²) < 4.78 is 6.08. The summed E-state index contributed by atoms with van der Waals surface area (Å²) >= 11 is 13.3. The van der Waals surface area contributed by atoms with Gasteiger partial charge in [0, 0.05) is 12.1 Å². The molecule has 3 rings (SSSR count). The molecule has 0 aliphatic carbocycles. The highest BCUT2D eigenvalue weighted by molar-refractivity contribution is 7.22. The standard InChI is InChI=1S/C15H9Cl2N3O4S/c16-10-5-6-11-14(13(10)17)19-15(25-11)18-12(21)7-24-9-3-1-8(2-4-9)20(22)23/h1-6H,7H2,(H,18,19,21). The van der Waals surface area contributed by atoms with Gasteiger partial charge in [0.05, 0.1) is 19.7 Å². The molecule has 0 aliphatic heterocycles. The fourth-order valence-corrected chi connectivity index (χ4v) is 3.27. The van der Waals surface area contributed by atoms with E-state index in [1.165, 1.54) is 35.6 Å². The van der Waals surface area contributed by atoms with Crippen LogP contribution in [0.4, 0.5) is 10.8 Å². The zero-order valence-corrected chi connectivity index (χ0v) is 14.7. The molecule has 0 saturated carbocycles. The van der Waals surface area contributed by atoms with Crippen LogP contribution in [0.5, 0.6) is 5.75 Å². The minimum Gasteiger partial charge on any atom is -0.484 e. The summed E-state index contributed by atoms with van der Waals surface area (Å²) in [6.45, 7) is -0.262. The highest BCUT2D eigenvalue weighted by Crippen LogP contribution is 2.35. The fraction of sp³-hybridized carbons (Fsp3) is 0.0667. The summed E-state index contributed by atoms with van der Waals surface area (Å²) in [6, 6.07) is 8.87. The van der Waals surface area contributed by atoms with Crippen molar-refractivity contribution in [2.24, 2.45) is 0 Å². The van der Waals surface area contributed by atoms with Crippen molar-refractivity contribution in [1.82, 2.24) is 4.98 Å². The van der Waals surface area contributed by atoms with Crippen LogP contribution < -0.4 is 10.1 Å². The zero-order chi connectivity index (χ0) is 18.0. The molecular weight excluding hydrogens is 389 g/mol. The monoisotopic (exact) mass is 397 g/mol. The predicted molar refractivity (Wildman–Crippen MR) is 96.9 cm³/mol. The van der Waals surface area contributed by atoms with E-state index in [0.717, 1.165) is 4.70 Å². The van der Waals surface area contributed by atoms with E-state index in [4.69, 9.17) is 27.9 Å². The van der Waals surface area contributed by atoms with Crippen molar-refractivity contribution < 1.29 is 14.5 Å². The molecule has 0 bridgehead atoms. The summed E-state index contributed by atoms with van der Waals surface area (Å²) in [6.07, 6.45) is 0. The highest BCUT2D eigenvalue weighted by Gasteiger charge is 2.13. The highest BCUT2D eigenvalue weighted by atomic mass is 35.5. The number of hydrogen-bond donors (Lipinski definition) is 1. The summed E-state index contributed by atoms with van der Waals surface area (Å²) in [7, 11) is 0. The molecule has 1 N–H and O–H groups in total. The van der Waals surface area contributed by atoms with E-state index in [1.54, 1.807) is 12.1 Å². The smallest absolute Gasteiger partial charge is 0.269 e. The van der Waals surface area contributed by atoms with Gasteiger partial charge in [0.2, 0.25) is 0 Å². The number of non-ortho nitro benzene ring substituents is 1. The Morgan fingerprint density at radius 3 is 2.64 bits per heavy atom. The normalized spacial score (nSPS) is 10.6. The van der Waals surface area contributed by atoms with Gasteiger partial charge < -0.3 is 4.74 Å². The largest absolute Gasteiger partial charge is 0.484 e. The van der Waals surface area contributed by atoms with Crippen LogP contribution in [0.15, 0.2) is 36.4 Å². The Bertz CT molecular complexity index is 959. The van der Waals surface area contributed by atoms with Crippen LogP contribution in [-0.4, -0.2) is 22.4 Å². The molecule has 128 valence electrons. The molecule has 1 aromatic heterocycles. The van der Waals surface area contributed by atoms with Crippen LogP contribution >= 0.6 is 34.5 Å². The Labute approximate surface area is 155 Å². The van der Waals surface area contributed by atoms with Crippen LogP contribution in [-0.2, 0) is 4.79 Å². The van der Waals surface area contributed by atoms with Crippen LogP contribution in [0, 0.1) is 10.1 Å². The van der Waals surface area contributed by atoms with Crippen molar-refractivity contribution in [3.05, 3.63) is 56.6 Å². The Hall–Kier alpha value is -2.42. The van der Waals surface area contributed by atoms with Crippen LogP contribution in [0.25, 0.3) is 10.2 Å². The molecule has 0 radical (unpaired) electrons. The summed E-state index contributed by atoms with van der Waals surface area (Å²) in [5, 5.41) is 14.3. The Kier molecular flexibility index (Phi) is 5.03. The van der Waals surface area contributed by atoms with Gasteiger partial charge in [-0.25, -0.2) is 4.98 Å². The quantitative estimate of drug-likeness (QED) is 0.503. The molecule has 0 spiro atoms. The van der Waals surface area contributed by atoms with Crippen molar-refractivity contribution in [3.63, 3.8) is 0 Å². The molecule has 0 aliphatic rings. The molecular formula is C15H9Cl2N3O4S. The topological polar surface area (TPSA) is 94.4 Å². The van der Waals surface area contributed by atoms with Gasteiger partial charge in [0.25, 0.3) is 11.6 Å². The first-order valence-electron chi connectivity index (χ1n) is 6.85. The van der Waals surface area contributed by atoms with Gasteiger partial charge in [-0.2, -0.15) is 0 Å². The fourth-order valence-electron chi connectivity index (χ4n) is 1.96. The Morgan fingerprint density at radius 1 is 1.24 bits per heavy atom. The maximum Gasteiger partial charge on any atom is 0.269 e. The number of hydrogen-bond acceptors (Lipinski definition) is 6. The number of nitro groups is 1. The molecule has 0 fully saturated rings. The summed E-state index contributed by atoms with van der Waals surface area (Å²) in [5.74, 6) is -0.0699. The van der Waals surface area contributed by atoms with Crippen molar-refractivity contribution in [3.8, 4) is 5.75 Å². The molecule has 10 heteroatoms. The molecule has 0 unspecified atom stereocenters. The van der Waals surface area contributed by atoms with E-state index in [9.17, 15) is 14.9 Å². The first-order chi connectivity index (χ1) is 11.9. The lowest BCUT2D eigenvalue weighted by Gasteiger charge is -2.05. The van der Waals surface area contributed by atoms with Gasteiger partial charge in [0.15, 0.2) is 11.7 Å². The van der Waals surface area contributed by atoms with Gasteiger partial charge in [-0.15, -0.1) is 0 Å². The van der Waals surface area contributed by atoms with Crippen LogP contribution in [0.2, 0.25) is 10.0 Å². The second kappa shape index (κ2) is 7.22. The minimum absolute atomic E-state index is 0.0539. The van der Waals surface area contributed by atoms with Crippen LogP contribution in [0.3, 0.4) is 0 Å². The number of carbonyl (C=O) groups excluding carboxylic acids is 1. The van der Waals surface area contributed by atoms with E-state index >= 15 is 0 Å². The second-order valence-electron chi connectivity index (χ2n) is 4.81. The third-order valence-electron chi connectivity index (χ3n) is 3.12. The average molecular weight is 398 g/mol. The molecule has 1 heterocycles. The Morgan fingerprint density at radius 2 is 1.96 bits per heavy atom. The first kappa shape index (κ1) is 17.4.